The average Bonchev–Trinajstić information content (AvgIpc) is 2.85. The van der Waals surface area contributed by atoms with Crippen LogP contribution in [0.1, 0.15) is 44.3 Å². The Morgan fingerprint density at radius 1 is 1.08 bits per heavy atom. The van der Waals surface area contributed by atoms with Gasteiger partial charge in [-0.05, 0) is 43.0 Å². The van der Waals surface area contributed by atoms with E-state index in [0.717, 1.165) is 40.6 Å². The smallest absolute Gasteiger partial charge is 0.163 e. The highest BCUT2D eigenvalue weighted by atomic mass is 35.5. The second-order valence-corrected chi connectivity index (χ2v) is 7.53. The van der Waals surface area contributed by atoms with E-state index in [-0.39, 0.29) is 29.6 Å². The van der Waals surface area contributed by atoms with Gasteiger partial charge in [-0.3, -0.25) is 4.79 Å². The summed E-state index contributed by atoms with van der Waals surface area (Å²) in [6, 6.07) is 11.7. The van der Waals surface area contributed by atoms with Crippen LogP contribution in [0.2, 0.25) is 0 Å². The van der Waals surface area contributed by atoms with E-state index in [1.807, 2.05) is 43.3 Å². The number of aryl methyl sites for hydroxylation is 1. The fourth-order valence-corrected chi connectivity index (χ4v) is 3.71. The van der Waals surface area contributed by atoms with Crippen molar-refractivity contribution in [1.29, 1.82) is 0 Å². The zero-order valence-electron chi connectivity index (χ0n) is 14.7. The van der Waals surface area contributed by atoms with Crippen LogP contribution in [0.5, 0.6) is 0 Å². The van der Waals surface area contributed by atoms with Gasteiger partial charge in [0, 0.05) is 17.7 Å². The van der Waals surface area contributed by atoms with Gasteiger partial charge in [0.05, 0.1) is 11.4 Å². The van der Waals surface area contributed by atoms with E-state index in [4.69, 9.17) is 4.42 Å². The van der Waals surface area contributed by atoms with Gasteiger partial charge in [-0.15, -0.1) is 12.4 Å². The molecule has 1 unspecified atom stereocenters. The van der Waals surface area contributed by atoms with Gasteiger partial charge in [0.25, 0.3) is 0 Å². The molecule has 0 bridgehead atoms. The molecule has 4 rings (SSSR count). The first-order valence-electron chi connectivity index (χ1n) is 8.38. The number of hydrogen-bond acceptors (Lipinski definition) is 4. The summed E-state index contributed by atoms with van der Waals surface area (Å²) in [5.74, 6) is 1.82. The average molecular weight is 359 g/mol. The molecule has 1 aliphatic heterocycles. The number of hydrogen-bond donors (Lipinski definition) is 2. The fraction of sp³-hybridized carbons (Fsp3) is 0.350. The first-order valence-corrected chi connectivity index (χ1v) is 8.38. The zero-order chi connectivity index (χ0) is 16.9. The molecule has 1 aliphatic carbocycles. The highest BCUT2D eigenvalue weighted by Crippen LogP contribution is 2.45. The largest absolute Gasteiger partial charge is 0.464 e. The molecule has 5 heteroatoms. The lowest BCUT2D eigenvalue weighted by Crippen LogP contribution is -2.31. The van der Waals surface area contributed by atoms with Gasteiger partial charge >= 0.3 is 0 Å². The maximum absolute atomic E-state index is 13.0. The predicted molar refractivity (Wildman–Crippen MR) is 102 cm³/mol. The number of fused-ring (bicyclic) bond motifs is 1. The highest BCUT2D eigenvalue weighted by molar-refractivity contribution is 6.00. The molecule has 1 aromatic carbocycles. The van der Waals surface area contributed by atoms with Gasteiger partial charge in [0.2, 0.25) is 0 Å². The van der Waals surface area contributed by atoms with Crippen molar-refractivity contribution in [2.75, 3.05) is 10.6 Å². The van der Waals surface area contributed by atoms with E-state index in [9.17, 15) is 4.79 Å². The Morgan fingerprint density at radius 3 is 2.48 bits per heavy atom. The van der Waals surface area contributed by atoms with E-state index in [1.54, 1.807) is 0 Å². The minimum absolute atomic E-state index is 0. The van der Waals surface area contributed by atoms with E-state index < -0.39 is 0 Å². The molecule has 0 amide bonds. The minimum Gasteiger partial charge on any atom is -0.464 e. The standard InChI is InChI=1S/C20H22N2O2.ClH/c1-12-8-9-17(24-12)19-18-15(10-20(2,3)11-16(18)23)21-13-6-4-5-7-14(13)22-19;/h4-9,19,21-22H,10-11H2,1-3H3;1H. The SMILES string of the molecule is Cc1ccc(C2Nc3ccccc3NC3=C2C(=O)CC(C)(C)C3)o1.Cl. The topological polar surface area (TPSA) is 54.3 Å². The van der Waals surface area contributed by atoms with Crippen molar-refractivity contribution in [3.8, 4) is 0 Å². The molecule has 0 radical (unpaired) electrons. The second-order valence-electron chi connectivity index (χ2n) is 7.53. The third-order valence-electron chi connectivity index (χ3n) is 4.77. The third-order valence-corrected chi connectivity index (χ3v) is 4.77. The number of ketones is 1. The van der Waals surface area contributed by atoms with Crippen LogP contribution in [-0.4, -0.2) is 5.78 Å². The summed E-state index contributed by atoms with van der Waals surface area (Å²) in [5, 5.41) is 7.02. The van der Waals surface area contributed by atoms with Crippen molar-refractivity contribution < 1.29 is 9.21 Å². The maximum Gasteiger partial charge on any atom is 0.163 e. The van der Waals surface area contributed by atoms with Crippen molar-refractivity contribution in [3.05, 3.63) is 59.2 Å². The zero-order valence-corrected chi connectivity index (χ0v) is 15.5. The van der Waals surface area contributed by atoms with Gasteiger partial charge in [-0.2, -0.15) is 0 Å². The summed E-state index contributed by atoms with van der Waals surface area (Å²) in [6.07, 6.45) is 1.40. The molecule has 2 aromatic rings. The van der Waals surface area contributed by atoms with Gasteiger partial charge in [0.1, 0.15) is 17.6 Å². The lowest BCUT2D eigenvalue weighted by Gasteiger charge is -2.33. The number of para-hydroxylation sites is 2. The van der Waals surface area contributed by atoms with E-state index in [2.05, 4.69) is 24.5 Å². The molecular formula is C20H23ClN2O2. The lowest BCUT2D eigenvalue weighted by molar-refractivity contribution is -0.118. The summed E-state index contributed by atoms with van der Waals surface area (Å²) in [5.41, 5.74) is 3.76. The number of furan rings is 1. The summed E-state index contributed by atoms with van der Waals surface area (Å²) < 4.78 is 5.87. The lowest BCUT2D eigenvalue weighted by atomic mass is 9.74. The van der Waals surface area contributed by atoms with Crippen molar-refractivity contribution in [2.45, 2.75) is 39.7 Å². The molecule has 4 nitrogen and oxygen atoms in total. The molecule has 0 saturated carbocycles. The maximum atomic E-state index is 13.0. The minimum atomic E-state index is -0.256. The monoisotopic (exact) mass is 358 g/mol. The Hall–Kier alpha value is -2.20. The van der Waals surface area contributed by atoms with Crippen LogP contribution in [0.4, 0.5) is 11.4 Å². The number of allylic oxidation sites excluding steroid dienone is 1. The van der Waals surface area contributed by atoms with Crippen molar-refractivity contribution in [3.63, 3.8) is 0 Å². The Kier molecular flexibility index (Phi) is 4.41. The number of halogens is 1. The number of carbonyl (C=O) groups is 1. The van der Waals surface area contributed by atoms with Crippen LogP contribution in [0.25, 0.3) is 0 Å². The number of rotatable bonds is 1. The van der Waals surface area contributed by atoms with Gasteiger partial charge in [-0.1, -0.05) is 26.0 Å². The van der Waals surface area contributed by atoms with E-state index in [0.29, 0.717) is 6.42 Å². The highest BCUT2D eigenvalue weighted by Gasteiger charge is 2.39. The molecule has 1 atom stereocenters. The van der Waals surface area contributed by atoms with Crippen LogP contribution in [0, 0.1) is 12.3 Å². The molecule has 0 fully saturated rings. The summed E-state index contributed by atoms with van der Waals surface area (Å²) in [4.78, 5) is 13.0. The molecular weight excluding hydrogens is 336 g/mol. The Balaban J connectivity index is 0.00000182. The van der Waals surface area contributed by atoms with E-state index >= 15 is 0 Å². The molecule has 0 saturated heterocycles. The molecule has 2 heterocycles. The first-order chi connectivity index (χ1) is 11.4. The number of nitrogens with one attached hydrogen (secondary N) is 2. The van der Waals surface area contributed by atoms with E-state index in [1.165, 1.54) is 0 Å². The van der Waals surface area contributed by atoms with Crippen molar-refractivity contribution in [2.24, 2.45) is 5.41 Å². The molecule has 2 N–H and O–H groups in total. The normalized spacial score (nSPS) is 21.2. The Bertz CT molecular complexity index is 851. The number of benzene rings is 1. The first kappa shape index (κ1) is 17.6. The number of carbonyl (C=O) groups excluding carboxylic acids is 1. The fourth-order valence-electron chi connectivity index (χ4n) is 3.71. The van der Waals surface area contributed by atoms with Crippen LogP contribution >= 0.6 is 12.4 Å². The van der Waals surface area contributed by atoms with Gasteiger partial charge in [0.15, 0.2) is 5.78 Å². The van der Waals surface area contributed by atoms with Crippen LogP contribution < -0.4 is 10.6 Å². The van der Waals surface area contributed by atoms with Gasteiger partial charge in [-0.25, -0.2) is 0 Å². The van der Waals surface area contributed by atoms with Gasteiger partial charge < -0.3 is 15.1 Å². The number of Topliss-reactive ketones (excluding diaryl/α,β-unsaturated/α-hetero) is 1. The Labute approximate surface area is 154 Å². The van der Waals surface area contributed by atoms with Crippen molar-refractivity contribution >= 4 is 29.6 Å². The molecule has 0 spiro atoms. The molecule has 25 heavy (non-hydrogen) atoms. The van der Waals surface area contributed by atoms with Crippen molar-refractivity contribution in [1.82, 2.24) is 0 Å². The summed E-state index contributed by atoms with van der Waals surface area (Å²) >= 11 is 0. The predicted octanol–water partition coefficient (Wildman–Crippen LogP) is 5.23. The van der Waals surface area contributed by atoms with Crippen LogP contribution in [-0.2, 0) is 4.79 Å². The number of anilines is 2. The quantitative estimate of drug-likeness (QED) is 0.732. The third kappa shape index (κ3) is 3.19. The molecule has 132 valence electrons. The summed E-state index contributed by atoms with van der Waals surface area (Å²) in [7, 11) is 0. The molecule has 2 aliphatic rings. The Morgan fingerprint density at radius 2 is 1.80 bits per heavy atom. The van der Waals surface area contributed by atoms with Crippen LogP contribution in [0.15, 0.2) is 52.1 Å². The van der Waals surface area contributed by atoms with Crippen LogP contribution in [0.3, 0.4) is 0 Å². The summed E-state index contributed by atoms with van der Waals surface area (Å²) in [6.45, 7) is 6.22. The molecule has 1 aromatic heterocycles. The second kappa shape index (κ2) is 6.26.